The van der Waals surface area contributed by atoms with Crippen LogP contribution in [0.15, 0.2) is 52.4 Å². The van der Waals surface area contributed by atoms with Crippen LogP contribution in [0.4, 0.5) is 15.4 Å². The lowest BCUT2D eigenvalue weighted by molar-refractivity contribution is -0.131. The van der Waals surface area contributed by atoms with Gasteiger partial charge in [0.1, 0.15) is 22.8 Å². The van der Waals surface area contributed by atoms with Crippen molar-refractivity contribution in [3.05, 3.63) is 64.3 Å². The number of pyridine rings is 1. The van der Waals surface area contributed by atoms with Crippen molar-refractivity contribution in [3.63, 3.8) is 0 Å². The van der Waals surface area contributed by atoms with Gasteiger partial charge in [0.25, 0.3) is 5.56 Å². The van der Waals surface area contributed by atoms with Crippen molar-refractivity contribution in [2.75, 3.05) is 38.1 Å². The highest BCUT2D eigenvalue weighted by Gasteiger charge is 2.27. The molecule has 2 aromatic heterocycles. The van der Waals surface area contributed by atoms with Gasteiger partial charge in [-0.1, -0.05) is 12.1 Å². The summed E-state index contributed by atoms with van der Waals surface area (Å²) in [4.78, 5) is 71.6. The Morgan fingerprint density at radius 1 is 0.956 bits per heavy atom. The van der Waals surface area contributed by atoms with Crippen LogP contribution >= 0.6 is 0 Å². The number of piperazine rings is 1. The minimum Gasteiger partial charge on any atom is -0.443 e. The highest BCUT2D eigenvalue weighted by Crippen LogP contribution is 2.18. The Balaban J connectivity index is 1.39. The van der Waals surface area contributed by atoms with E-state index in [2.05, 4.69) is 24.8 Å². The van der Waals surface area contributed by atoms with E-state index in [0.29, 0.717) is 60.7 Å². The van der Waals surface area contributed by atoms with Crippen LogP contribution in [0, 0.1) is 0 Å². The summed E-state index contributed by atoms with van der Waals surface area (Å²) in [5.41, 5.74) is -0.702. The van der Waals surface area contributed by atoms with E-state index in [1.54, 1.807) is 76.8 Å². The number of carbonyl (C=O) groups is 3. The molecule has 1 N–H and O–H groups in total. The minimum absolute atomic E-state index is 0.0121. The number of nitrogens with zero attached hydrogens (tertiary/aromatic N) is 6. The molecule has 1 aliphatic heterocycles. The van der Waals surface area contributed by atoms with E-state index in [-0.39, 0.29) is 23.7 Å². The Morgan fingerprint density at radius 3 is 2.24 bits per heavy atom. The summed E-state index contributed by atoms with van der Waals surface area (Å²) in [6, 6.07) is 10.6. The summed E-state index contributed by atoms with van der Waals surface area (Å²) < 4.78 is 10.8. The summed E-state index contributed by atoms with van der Waals surface area (Å²) in [7, 11) is 1.47. The van der Waals surface area contributed by atoms with Gasteiger partial charge in [0.2, 0.25) is 5.91 Å². The van der Waals surface area contributed by atoms with Gasteiger partial charge in [-0.3, -0.25) is 14.5 Å². The van der Waals surface area contributed by atoms with Crippen LogP contribution in [-0.2, 0) is 20.7 Å². The number of aromatic amines is 1. The highest BCUT2D eigenvalue weighted by molar-refractivity contribution is 6.09. The van der Waals surface area contributed by atoms with Gasteiger partial charge in [-0.2, -0.15) is 4.99 Å². The molecule has 3 aromatic rings. The lowest BCUT2D eigenvalue weighted by atomic mass is 10.2. The number of amides is 3. The molecule has 0 saturated carbocycles. The van der Waals surface area contributed by atoms with Gasteiger partial charge >= 0.3 is 12.2 Å². The molecule has 0 aliphatic carbocycles. The maximum absolute atomic E-state index is 12.9. The van der Waals surface area contributed by atoms with Crippen molar-refractivity contribution >= 4 is 40.7 Å². The summed E-state index contributed by atoms with van der Waals surface area (Å²) in [5, 5.41) is 0.520. The van der Waals surface area contributed by atoms with Crippen LogP contribution in [0.1, 0.15) is 59.4 Å². The molecule has 1 aliphatic rings. The molecule has 0 unspecified atom stereocenters. The quantitative estimate of drug-likeness (QED) is 0.328. The average Bonchev–Trinajstić information content (AvgIpc) is 2.97. The Hall–Kier alpha value is -4.81. The first kappa shape index (κ1) is 33.1. The van der Waals surface area contributed by atoms with Crippen molar-refractivity contribution in [2.45, 2.75) is 65.6 Å². The predicted molar refractivity (Wildman–Crippen MR) is 170 cm³/mol. The number of amidine groups is 1. The minimum atomic E-state index is -0.847. The SMILES string of the molecule is CN(C(=O)OC(C)(C)C)C(=NC(=O)OC(C)(C)C)c1ccc(N2CCN(C(=O)CCc3nc4ccccc4c(=O)[nH]3)CC2)nc1. The summed E-state index contributed by atoms with van der Waals surface area (Å²) >= 11 is 0. The molecule has 0 spiro atoms. The molecule has 13 nitrogen and oxygen atoms in total. The number of aliphatic imine (C=N–C) groups is 1. The van der Waals surface area contributed by atoms with Crippen LogP contribution in [0.25, 0.3) is 10.9 Å². The molecule has 3 heterocycles. The average molecular weight is 620 g/mol. The van der Waals surface area contributed by atoms with Crippen molar-refractivity contribution in [3.8, 4) is 0 Å². The number of nitrogens with one attached hydrogen (secondary N) is 1. The standard InChI is InChI=1S/C32H41N7O6/c1-31(2,3)44-29(42)36-27(37(7)30(43)45-32(4,5)6)21-12-14-25(33-20-21)38-16-18-39(19-17-38)26(40)15-13-24-34-23-11-9-8-10-22(23)28(41)35-24/h8-12,14,20H,13,15-19H2,1-7H3,(H,34,35,41). The van der Waals surface area contributed by atoms with E-state index < -0.39 is 23.4 Å². The van der Waals surface area contributed by atoms with E-state index in [1.165, 1.54) is 13.2 Å². The second-order valence-electron chi connectivity index (χ2n) is 12.8. The van der Waals surface area contributed by atoms with Gasteiger partial charge in [-0.15, -0.1) is 0 Å². The number of benzene rings is 1. The number of hydrogen-bond donors (Lipinski definition) is 1. The molecule has 1 fully saturated rings. The molecule has 4 rings (SSSR count). The second-order valence-corrected chi connectivity index (χ2v) is 12.8. The Kier molecular flexibility index (Phi) is 9.89. The summed E-state index contributed by atoms with van der Waals surface area (Å²) in [6.45, 7) is 12.6. The number of ether oxygens (including phenoxy) is 2. The number of carbonyl (C=O) groups excluding carboxylic acids is 3. The lowest BCUT2D eigenvalue weighted by Gasteiger charge is -2.35. The monoisotopic (exact) mass is 619 g/mol. The van der Waals surface area contributed by atoms with E-state index in [1.807, 2.05) is 6.07 Å². The number of aromatic nitrogens is 3. The lowest BCUT2D eigenvalue weighted by Crippen LogP contribution is -2.49. The van der Waals surface area contributed by atoms with Crippen LogP contribution in [0.2, 0.25) is 0 Å². The molecular formula is C32H41N7O6. The van der Waals surface area contributed by atoms with Crippen LogP contribution in [-0.4, -0.2) is 93.1 Å². The van der Waals surface area contributed by atoms with Crippen molar-refractivity contribution < 1.29 is 23.9 Å². The van der Waals surface area contributed by atoms with Crippen molar-refractivity contribution in [2.24, 2.45) is 4.99 Å². The van der Waals surface area contributed by atoms with Gasteiger partial charge in [0, 0.05) is 57.8 Å². The van der Waals surface area contributed by atoms with E-state index >= 15 is 0 Å². The topological polar surface area (TPSA) is 150 Å². The zero-order valence-corrected chi connectivity index (χ0v) is 26.9. The smallest absolute Gasteiger partial charge is 0.436 e. The van der Waals surface area contributed by atoms with Crippen molar-refractivity contribution in [1.29, 1.82) is 0 Å². The van der Waals surface area contributed by atoms with Gasteiger partial charge in [0.15, 0.2) is 5.84 Å². The number of hydrogen-bond acceptors (Lipinski definition) is 9. The fraction of sp³-hybridized carbons (Fsp3) is 0.469. The van der Waals surface area contributed by atoms with E-state index in [0.717, 1.165) is 4.90 Å². The van der Waals surface area contributed by atoms with E-state index in [4.69, 9.17) is 9.47 Å². The zero-order valence-electron chi connectivity index (χ0n) is 26.9. The second kappa shape index (κ2) is 13.4. The number of rotatable bonds is 5. The van der Waals surface area contributed by atoms with Gasteiger partial charge in [-0.25, -0.2) is 19.6 Å². The van der Waals surface area contributed by atoms with Crippen molar-refractivity contribution in [1.82, 2.24) is 24.8 Å². The molecule has 0 atom stereocenters. The summed E-state index contributed by atoms with van der Waals surface area (Å²) in [6.07, 6.45) is 0.582. The first-order chi connectivity index (χ1) is 21.1. The first-order valence-electron chi connectivity index (χ1n) is 14.8. The number of fused-ring (bicyclic) bond motifs is 1. The first-order valence-corrected chi connectivity index (χ1v) is 14.8. The maximum atomic E-state index is 12.9. The molecule has 45 heavy (non-hydrogen) atoms. The normalized spacial score (nSPS) is 14.3. The molecule has 13 heteroatoms. The molecule has 0 radical (unpaired) electrons. The molecular weight excluding hydrogens is 578 g/mol. The highest BCUT2D eigenvalue weighted by atomic mass is 16.6. The number of H-pyrrole nitrogens is 1. The fourth-order valence-corrected chi connectivity index (χ4v) is 4.65. The van der Waals surface area contributed by atoms with Crippen LogP contribution in [0.3, 0.4) is 0 Å². The van der Waals surface area contributed by atoms with E-state index in [9.17, 15) is 19.2 Å². The predicted octanol–water partition coefficient (Wildman–Crippen LogP) is 4.15. The molecule has 1 saturated heterocycles. The third kappa shape index (κ3) is 9.10. The van der Waals surface area contributed by atoms with Crippen LogP contribution < -0.4 is 10.5 Å². The van der Waals surface area contributed by atoms with Gasteiger partial charge in [-0.05, 0) is 65.8 Å². The third-order valence-electron chi connectivity index (χ3n) is 6.78. The summed E-state index contributed by atoms with van der Waals surface area (Å²) in [5.74, 6) is 1.19. The Labute approximate surface area is 262 Å². The number of para-hydroxylation sites is 1. The van der Waals surface area contributed by atoms with Crippen LogP contribution in [0.5, 0.6) is 0 Å². The molecule has 240 valence electrons. The largest absolute Gasteiger partial charge is 0.443 e. The molecule has 1 aromatic carbocycles. The zero-order chi connectivity index (χ0) is 32.9. The number of aryl methyl sites for hydroxylation is 1. The Bertz CT molecular complexity index is 1630. The van der Waals surface area contributed by atoms with Gasteiger partial charge in [0.05, 0.1) is 10.9 Å². The number of anilines is 1. The Morgan fingerprint density at radius 2 is 1.62 bits per heavy atom. The van der Waals surface area contributed by atoms with Gasteiger partial charge < -0.3 is 24.3 Å². The molecule has 0 bridgehead atoms. The third-order valence-corrected chi connectivity index (χ3v) is 6.78. The molecule has 3 amide bonds. The maximum Gasteiger partial charge on any atom is 0.436 e. The fourth-order valence-electron chi connectivity index (χ4n) is 4.65.